The van der Waals surface area contributed by atoms with E-state index in [2.05, 4.69) is 43.0 Å². The Labute approximate surface area is 128 Å². The molecular formula is C17H29N3O. The van der Waals surface area contributed by atoms with Gasteiger partial charge in [-0.2, -0.15) is 0 Å². The summed E-state index contributed by atoms with van der Waals surface area (Å²) < 4.78 is 6.28. The lowest BCUT2D eigenvalue weighted by Crippen LogP contribution is -2.26. The molecule has 2 unspecified atom stereocenters. The van der Waals surface area contributed by atoms with Crippen molar-refractivity contribution >= 4 is 5.82 Å². The van der Waals surface area contributed by atoms with Crippen molar-refractivity contribution in [3.05, 3.63) is 11.9 Å². The zero-order chi connectivity index (χ0) is 15.2. The van der Waals surface area contributed by atoms with Crippen LogP contribution in [0.2, 0.25) is 0 Å². The average Bonchev–Trinajstić information content (AvgIpc) is 2.47. The molecule has 0 spiro atoms. The number of nitrogens with one attached hydrogen (secondary N) is 1. The predicted molar refractivity (Wildman–Crippen MR) is 86.9 cm³/mol. The fourth-order valence-corrected chi connectivity index (χ4v) is 3.18. The molecule has 4 nitrogen and oxygen atoms in total. The van der Waals surface area contributed by atoms with Crippen LogP contribution in [0.5, 0.6) is 5.88 Å². The topological polar surface area (TPSA) is 47.0 Å². The molecule has 21 heavy (non-hydrogen) atoms. The molecule has 0 aromatic carbocycles. The molecule has 1 aliphatic rings. The SMILES string of the molecule is CCNc1ncnc(OC2CCCC(CC)C2)c1C(C)C. The monoisotopic (exact) mass is 291 g/mol. The molecule has 1 aromatic rings. The summed E-state index contributed by atoms with van der Waals surface area (Å²) in [4.78, 5) is 8.79. The van der Waals surface area contributed by atoms with Crippen molar-refractivity contribution in [1.29, 1.82) is 0 Å². The molecule has 2 atom stereocenters. The maximum atomic E-state index is 6.28. The molecule has 2 rings (SSSR count). The van der Waals surface area contributed by atoms with Gasteiger partial charge >= 0.3 is 0 Å². The van der Waals surface area contributed by atoms with Gasteiger partial charge in [-0.05, 0) is 38.0 Å². The average molecular weight is 291 g/mol. The highest BCUT2D eigenvalue weighted by Gasteiger charge is 2.25. The first-order valence-electron chi connectivity index (χ1n) is 8.41. The van der Waals surface area contributed by atoms with E-state index in [-0.39, 0.29) is 0 Å². The van der Waals surface area contributed by atoms with Gasteiger partial charge < -0.3 is 10.1 Å². The zero-order valence-corrected chi connectivity index (χ0v) is 13.9. The number of nitrogens with zero attached hydrogens (tertiary/aromatic N) is 2. The van der Waals surface area contributed by atoms with Gasteiger partial charge in [-0.15, -0.1) is 0 Å². The van der Waals surface area contributed by atoms with E-state index in [1.165, 1.54) is 19.3 Å². The largest absolute Gasteiger partial charge is 0.474 e. The van der Waals surface area contributed by atoms with Crippen molar-refractivity contribution in [2.24, 2.45) is 5.92 Å². The van der Waals surface area contributed by atoms with Gasteiger partial charge in [0, 0.05) is 6.54 Å². The molecule has 118 valence electrons. The lowest BCUT2D eigenvalue weighted by Gasteiger charge is -2.29. The summed E-state index contributed by atoms with van der Waals surface area (Å²) in [5.74, 6) is 2.85. The second-order valence-electron chi connectivity index (χ2n) is 6.31. The van der Waals surface area contributed by atoms with Crippen LogP contribution in [0.25, 0.3) is 0 Å². The van der Waals surface area contributed by atoms with Crippen LogP contribution in [0.4, 0.5) is 5.82 Å². The van der Waals surface area contributed by atoms with E-state index < -0.39 is 0 Å². The van der Waals surface area contributed by atoms with Crippen LogP contribution in [-0.2, 0) is 0 Å². The van der Waals surface area contributed by atoms with Crippen molar-refractivity contribution in [2.75, 3.05) is 11.9 Å². The molecule has 1 N–H and O–H groups in total. The van der Waals surface area contributed by atoms with E-state index in [9.17, 15) is 0 Å². The first kappa shape index (κ1) is 16.1. The lowest BCUT2D eigenvalue weighted by molar-refractivity contribution is 0.115. The quantitative estimate of drug-likeness (QED) is 0.845. The maximum Gasteiger partial charge on any atom is 0.222 e. The Balaban J connectivity index is 2.16. The lowest BCUT2D eigenvalue weighted by atomic mass is 9.85. The molecule has 0 saturated heterocycles. The van der Waals surface area contributed by atoms with Gasteiger partial charge in [0.2, 0.25) is 5.88 Å². The normalized spacial score (nSPS) is 22.3. The van der Waals surface area contributed by atoms with Crippen LogP contribution >= 0.6 is 0 Å². The minimum absolute atomic E-state index is 0.311. The van der Waals surface area contributed by atoms with E-state index >= 15 is 0 Å². The van der Waals surface area contributed by atoms with Crippen LogP contribution in [0.15, 0.2) is 6.33 Å². The Bertz CT molecular complexity index is 448. The number of ether oxygens (including phenoxy) is 1. The Morgan fingerprint density at radius 2 is 2.10 bits per heavy atom. The van der Waals surface area contributed by atoms with Crippen molar-refractivity contribution in [1.82, 2.24) is 9.97 Å². The first-order valence-corrected chi connectivity index (χ1v) is 8.41. The highest BCUT2D eigenvalue weighted by atomic mass is 16.5. The molecule has 4 heteroatoms. The number of hydrogen-bond donors (Lipinski definition) is 1. The Morgan fingerprint density at radius 3 is 2.76 bits per heavy atom. The Hall–Kier alpha value is -1.32. The number of anilines is 1. The molecule has 1 aromatic heterocycles. The fraction of sp³-hybridized carbons (Fsp3) is 0.765. The van der Waals surface area contributed by atoms with Crippen molar-refractivity contribution < 1.29 is 4.74 Å². The van der Waals surface area contributed by atoms with Gasteiger partial charge in [-0.1, -0.05) is 33.6 Å². The molecule has 0 aliphatic heterocycles. The summed E-state index contributed by atoms with van der Waals surface area (Å²) >= 11 is 0. The third-order valence-electron chi connectivity index (χ3n) is 4.36. The molecule has 0 amide bonds. The highest BCUT2D eigenvalue weighted by Crippen LogP contribution is 2.34. The zero-order valence-electron chi connectivity index (χ0n) is 13.9. The summed E-state index contributed by atoms with van der Waals surface area (Å²) in [5, 5.41) is 3.32. The van der Waals surface area contributed by atoms with Crippen LogP contribution in [0.3, 0.4) is 0 Å². The van der Waals surface area contributed by atoms with E-state index in [4.69, 9.17) is 4.74 Å². The summed E-state index contributed by atoms with van der Waals surface area (Å²) in [6.07, 6.45) is 8.10. The molecular weight excluding hydrogens is 262 g/mol. The van der Waals surface area contributed by atoms with Crippen molar-refractivity contribution in [2.45, 2.75) is 71.8 Å². The van der Waals surface area contributed by atoms with Gasteiger partial charge in [0.15, 0.2) is 0 Å². The van der Waals surface area contributed by atoms with E-state index in [1.54, 1.807) is 6.33 Å². The second kappa shape index (κ2) is 7.62. The Kier molecular flexibility index (Phi) is 5.83. The Morgan fingerprint density at radius 1 is 1.29 bits per heavy atom. The van der Waals surface area contributed by atoms with Gasteiger partial charge in [0.05, 0.1) is 5.56 Å². The van der Waals surface area contributed by atoms with E-state index in [0.717, 1.165) is 42.6 Å². The van der Waals surface area contributed by atoms with Crippen molar-refractivity contribution in [3.8, 4) is 5.88 Å². The molecule has 0 radical (unpaired) electrons. The van der Waals surface area contributed by atoms with Gasteiger partial charge in [-0.25, -0.2) is 9.97 Å². The van der Waals surface area contributed by atoms with Gasteiger partial charge in [-0.3, -0.25) is 0 Å². The minimum Gasteiger partial charge on any atom is -0.474 e. The number of hydrogen-bond acceptors (Lipinski definition) is 4. The molecule has 1 fully saturated rings. The fourth-order valence-electron chi connectivity index (χ4n) is 3.18. The maximum absolute atomic E-state index is 6.28. The second-order valence-corrected chi connectivity index (χ2v) is 6.31. The molecule has 1 heterocycles. The van der Waals surface area contributed by atoms with Crippen LogP contribution in [0, 0.1) is 5.92 Å². The molecule has 1 aliphatic carbocycles. The molecule has 1 saturated carbocycles. The summed E-state index contributed by atoms with van der Waals surface area (Å²) in [7, 11) is 0. The summed E-state index contributed by atoms with van der Waals surface area (Å²) in [5.41, 5.74) is 1.11. The standard InChI is InChI=1S/C17H29N3O/c1-5-13-8-7-9-14(10-13)21-17-15(12(3)4)16(18-6-2)19-11-20-17/h11-14H,5-10H2,1-4H3,(H,18,19,20). The van der Waals surface area contributed by atoms with Gasteiger partial charge in [0.1, 0.15) is 18.2 Å². The molecule has 0 bridgehead atoms. The van der Waals surface area contributed by atoms with E-state index in [1.807, 2.05) is 0 Å². The highest BCUT2D eigenvalue weighted by molar-refractivity contribution is 5.50. The smallest absolute Gasteiger partial charge is 0.222 e. The van der Waals surface area contributed by atoms with Gasteiger partial charge in [0.25, 0.3) is 0 Å². The third-order valence-corrected chi connectivity index (χ3v) is 4.36. The number of rotatable bonds is 6. The summed E-state index contributed by atoms with van der Waals surface area (Å²) in [6, 6.07) is 0. The summed E-state index contributed by atoms with van der Waals surface area (Å²) in [6.45, 7) is 9.56. The predicted octanol–water partition coefficient (Wildman–Crippen LogP) is 4.38. The van der Waals surface area contributed by atoms with Crippen LogP contribution < -0.4 is 10.1 Å². The van der Waals surface area contributed by atoms with Crippen LogP contribution in [-0.4, -0.2) is 22.6 Å². The minimum atomic E-state index is 0.311. The first-order chi connectivity index (χ1) is 10.2. The number of aromatic nitrogens is 2. The van der Waals surface area contributed by atoms with Crippen molar-refractivity contribution in [3.63, 3.8) is 0 Å². The van der Waals surface area contributed by atoms with Crippen LogP contribution in [0.1, 0.15) is 71.3 Å². The third kappa shape index (κ3) is 4.08. The van der Waals surface area contributed by atoms with E-state index in [0.29, 0.717) is 12.0 Å².